The van der Waals surface area contributed by atoms with E-state index in [0.29, 0.717) is 0 Å². The molecule has 0 saturated carbocycles. The van der Waals surface area contributed by atoms with Crippen LogP contribution in [0.4, 0.5) is 0 Å². The summed E-state index contributed by atoms with van der Waals surface area (Å²) in [4.78, 5) is 2.52. The molecule has 1 saturated heterocycles. The molecule has 72 valence electrons. The number of hydrogen-bond acceptors (Lipinski definition) is 3. The van der Waals surface area contributed by atoms with Crippen molar-refractivity contribution < 1.29 is 0 Å². The molecule has 0 spiro atoms. The van der Waals surface area contributed by atoms with Crippen LogP contribution in [0.25, 0.3) is 0 Å². The lowest BCUT2D eigenvalue weighted by atomic mass is 10.4. The van der Waals surface area contributed by atoms with Gasteiger partial charge in [-0.15, -0.1) is 0 Å². The Balaban J connectivity index is 1.81. The summed E-state index contributed by atoms with van der Waals surface area (Å²) < 4.78 is 0. The molecule has 0 aromatic heterocycles. The van der Waals surface area contributed by atoms with Crippen molar-refractivity contribution >= 4 is 0 Å². The highest BCUT2D eigenvalue weighted by molar-refractivity contribution is 4.66. The molecule has 1 heterocycles. The highest BCUT2D eigenvalue weighted by atomic mass is 15.1. The third-order valence-corrected chi connectivity index (χ3v) is 2.36. The molecule has 0 aromatic carbocycles. The van der Waals surface area contributed by atoms with Crippen molar-refractivity contribution in [2.24, 2.45) is 5.73 Å². The third kappa shape index (κ3) is 4.04. The Morgan fingerprint density at radius 2 is 1.92 bits per heavy atom. The summed E-state index contributed by atoms with van der Waals surface area (Å²) >= 11 is 0. The summed E-state index contributed by atoms with van der Waals surface area (Å²) in [6.07, 6.45) is 3.88. The summed E-state index contributed by atoms with van der Waals surface area (Å²) in [5.74, 6) is 0. The van der Waals surface area contributed by atoms with Gasteiger partial charge in [-0.1, -0.05) is 0 Å². The largest absolute Gasteiger partial charge is 0.330 e. The molecule has 0 bridgehead atoms. The van der Waals surface area contributed by atoms with Crippen LogP contribution >= 0.6 is 0 Å². The van der Waals surface area contributed by atoms with Crippen LogP contribution in [0, 0.1) is 0 Å². The zero-order chi connectivity index (χ0) is 8.65. The van der Waals surface area contributed by atoms with Gasteiger partial charge in [0.1, 0.15) is 0 Å². The molecule has 0 aromatic rings. The van der Waals surface area contributed by atoms with E-state index in [4.69, 9.17) is 5.73 Å². The van der Waals surface area contributed by atoms with E-state index in [9.17, 15) is 0 Å². The first-order chi connectivity index (χ1) is 5.93. The average molecular weight is 171 g/mol. The molecule has 1 fully saturated rings. The zero-order valence-electron chi connectivity index (χ0n) is 7.89. The summed E-state index contributed by atoms with van der Waals surface area (Å²) in [7, 11) is 0. The van der Waals surface area contributed by atoms with Crippen LogP contribution in [0.5, 0.6) is 0 Å². The van der Waals surface area contributed by atoms with Gasteiger partial charge in [0.15, 0.2) is 0 Å². The summed E-state index contributed by atoms with van der Waals surface area (Å²) in [6.45, 7) is 6.82. The van der Waals surface area contributed by atoms with E-state index in [2.05, 4.69) is 10.2 Å². The first-order valence-corrected chi connectivity index (χ1v) is 5.06. The van der Waals surface area contributed by atoms with Crippen LogP contribution in [0.2, 0.25) is 0 Å². The maximum Gasteiger partial charge on any atom is 0.0107 e. The van der Waals surface area contributed by atoms with Crippen LogP contribution < -0.4 is 11.1 Å². The molecule has 1 rings (SSSR count). The van der Waals surface area contributed by atoms with E-state index in [0.717, 1.165) is 26.1 Å². The van der Waals surface area contributed by atoms with Crippen molar-refractivity contribution in [2.45, 2.75) is 19.3 Å². The minimum absolute atomic E-state index is 0.802. The van der Waals surface area contributed by atoms with Crippen molar-refractivity contribution in [3.05, 3.63) is 0 Å². The Hall–Kier alpha value is -0.120. The van der Waals surface area contributed by atoms with Crippen LogP contribution in [-0.4, -0.2) is 44.2 Å². The van der Waals surface area contributed by atoms with Crippen molar-refractivity contribution in [1.29, 1.82) is 0 Å². The molecule has 0 aliphatic carbocycles. The molecule has 0 amide bonds. The van der Waals surface area contributed by atoms with Crippen LogP contribution in [0.3, 0.4) is 0 Å². The monoisotopic (exact) mass is 171 g/mol. The third-order valence-electron chi connectivity index (χ3n) is 2.36. The first-order valence-electron chi connectivity index (χ1n) is 5.06. The van der Waals surface area contributed by atoms with E-state index >= 15 is 0 Å². The van der Waals surface area contributed by atoms with Gasteiger partial charge in [-0.05, 0) is 45.4 Å². The Morgan fingerprint density at radius 1 is 1.17 bits per heavy atom. The standard InChI is InChI=1S/C9H21N3/c10-4-3-5-11-6-9-12-7-1-2-8-12/h11H,1-10H2. The molecule has 0 radical (unpaired) electrons. The normalized spacial score (nSPS) is 18.8. The molecular formula is C9H21N3. The van der Waals surface area contributed by atoms with Crippen LogP contribution in [0.15, 0.2) is 0 Å². The van der Waals surface area contributed by atoms with E-state index in [1.54, 1.807) is 0 Å². The van der Waals surface area contributed by atoms with E-state index in [-0.39, 0.29) is 0 Å². The Kier molecular flexibility index (Phi) is 5.32. The van der Waals surface area contributed by atoms with Gasteiger partial charge < -0.3 is 16.0 Å². The number of rotatable bonds is 6. The Bertz CT molecular complexity index is 99.9. The molecule has 1 aliphatic heterocycles. The van der Waals surface area contributed by atoms with Gasteiger partial charge in [-0.25, -0.2) is 0 Å². The molecule has 3 N–H and O–H groups in total. The SMILES string of the molecule is NCCCNCCN1CCCC1. The quantitative estimate of drug-likeness (QED) is 0.554. The number of nitrogens with zero attached hydrogens (tertiary/aromatic N) is 1. The zero-order valence-corrected chi connectivity index (χ0v) is 7.89. The maximum atomic E-state index is 5.38. The second kappa shape index (κ2) is 6.40. The summed E-state index contributed by atoms with van der Waals surface area (Å²) in [6, 6.07) is 0. The predicted octanol–water partition coefficient (Wildman–Crippen LogP) is 0.0206. The first kappa shape index (κ1) is 9.96. The van der Waals surface area contributed by atoms with E-state index in [1.807, 2.05) is 0 Å². The molecule has 1 aliphatic rings. The van der Waals surface area contributed by atoms with Gasteiger partial charge in [0, 0.05) is 13.1 Å². The van der Waals surface area contributed by atoms with Gasteiger partial charge in [0.05, 0.1) is 0 Å². The molecule has 12 heavy (non-hydrogen) atoms. The lowest BCUT2D eigenvalue weighted by molar-refractivity contribution is 0.336. The number of nitrogens with two attached hydrogens (primary N) is 1. The average Bonchev–Trinajstić information content (AvgIpc) is 2.57. The minimum atomic E-state index is 0.802. The lowest BCUT2D eigenvalue weighted by Gasteiger charge is -2.14. The Morgan fingerprint density at radius 3 is 2.58 bits per heavy atom. The maximum absolute atomic E-state index is 5.38. The van der Waals surface area contributed by atoms with Gasteiger partial charge in [-0.3, -0.25) is 0 Å². The summed E-state index contributed by atoms with van der Waals surface area (Å²) in [5, 5.41) is 3.39. The Labute approximate surface area is 75.3 Å². The summed E-state index contributed by atoms with van der Waals surface area (Å²) in [5.41, 5.74) is 5.38. The van der Waals surface area contributed by atoms with Crippen molar-refractivity contribution in [2.75, 3.05) is 39.3 Å². The number of hydrogen-bond donors (Lipinski definition) is 2. The van der Waals surface area contributed by atoms with Crippen molar-refractivity contribution in [3.63, 3.8) is 0 Å². The second-order valence-corrected chi connectivity index (χ2v) is 3.44. The highest BCUT2D eigenvalue weighted by Gasteiger charge is 2.09. The molecule has 3 nitrogen and oxygen atoms in total. The van der Waals surface area contributed by atoms with Crippen LogP contribution in [-0.2, 0) is 0 Å². The fraction of sp³-hybridized carbons (Fsp3) is 1.00. The van der Waals surface area contributed by atoms with Crippen molar-refractivity contribution in [3.8, 4) is 0 Å². The fourth-order valence-electron chi connectivity index (χ4n) is 1.60. The van der Waals surface area contributed by atoms with E-state index < -0.39 is 0 Å². The lowest BCUT2D eigenvalue weighted by Crippen LogP contribution is -2.30. The molecule has 0 unspecified atom stereocenters. The predicted molar refractivity (Wildman–Crippen MR) is 52.2 cm³/mol. The number of likely N-dealkylation sites (tertiary alicyclic amines) is 1. The molecule has 3 heteroatoms. The highest BCUT2D eigenvalue weighted by Crippen LogP contribution is 2.05. The van der Waals surface area contributed by atoms with E-state index in [1.165, 1.54) is 32.5 Å². The van der Waals surface area contributed by atoms with Gasteiger partial charge in [-0.2, -0.15) is 0 Å². The number of nitrogens with one attached hydrogen (secondary N) is 1. The van der Waals surface area contributed by atoms with Gasteiger partial charge in [0.2, 0.25) is 0 Å². The topological polar surface area (TPSA) is 41.3 Å². The second-order valence-electron chi connectivity index (χ2n) is 3.44. The van der Waals surface area contributed by atoms with Crippen molar-refractivity contribution in [1.82, 2.24) is 10.2 Å². The fourth-order valence-corrected chi connectivity index (χ4v) is 1.60. The van der Waals surface area contributed by atoms with Gasteiger partial charge >= 0.3 is 0 Å². The van der Waals surface area contributed by atoms with Gasteiger partial charge in [0.25, 0.3) is 0 Å². The minimum Gasteiger partial charge on any atom is -0.330 e. The smallest absolute Gasteiger partial charge is 0.0107 e. The molecular weight excluding hydrogens is 150 g/mol. The van der Waals surface area contributed by atoms with Crippen LogP contribution in [0.1, 0.15) is 19.3 Å². The molecule has 0 atom stereocenters.